The number of imide groups is 1. The van der Waals surface area contributed by atoms with Crippen molar-refractivity contribution in [2.45, 2.75) is 56.6 Å². The SMILES string of the molecule is O=C1CCC(N2Cc3cc(C(=O)N[C@H](c4ccc(OC5CC5)cc4)C(F)(F)F)ccc3C2=O)C(=O)N1. The van der Waals surface area contributed by atoms with Gasteiger partial charge < -0.3 is 15.0 Å². The van der Waals surface area contributed by atoms with E-state index in [2.05, 4.69) is 5.32 Å². The van der Waals surface area contributed by atoms with Crippen LogP contribution in [-0.2, 0) is 16.1 Å². The van der Waals surface area contributed by atoms with Crippen molar-refractivity contribution in [1.29, 1.82) is 0 Å². The van der Waals surface area contributed by atoms with Crippen LogP contribution in [0.4, 0.5) is 13.2 Å². The average Bonchev–Trinajstić information content (AvgIpc) is 3.58. The average molecular weight is 501 g/mol. The maximum atomic E-state index is 13.8. The predicted octanol–water partition coefficient (Wildman–Crippen LogP) is 3.02. The van der Waals surface area contributed by atoms with Gasteiger partial charge in [0.15, 0.2) is 6.04 Å². The zero-order valence-corrected chi connectivity index (χ0v) is 18.9. The number of fused-ring (bicyclic) bond motifs is 1. The van der Waals surface area contributed by atoms with E-state index in [9.17, 15) is 32.3 Å². The maximum absolute atomic E-state index is 13.8. The Balaban J connectivity index is 1.32. The van der Waals surface area contributed by atoms with Crippen LogP contribution in [0.15, 0.2) is 42.5 Å². The molecule has 2 aliphatic heterocycles. The number of halogens is 3. The minimum absolute atomic E-state index is 0.00667. The summed E-state index contributed by atoms with van der Waals surface area (Å²) in [6.07, 6.45) is -2.54. The number of alkyl halides is 3. The van der Waals surface area contributed by atoms with Gasteiger partial charge in [0.1, 0.15) is 11.8 Å². The molecule has 4 amide bonds. The zero-order chi connectivity index (χ0) is 25.6. The minimum Gasteiger partial charge on any atom is -0.490 e. The van der Waals surface area contributed by atoms with E-state index in [1.807, 2.05) is 5.32 Å². The number of piperidine rings is 1. The van der Waals surface area contributed by atoms with Crippen LogP contribution in [-0.4, -0.2) is 46.9 Å². The van der Waals surface area contributed by atoms with Crippen LogP contribution >= 0.6 is 0 Å². The molecule has 0 aromatic heterocycles. The lowest BCUT2D eigenvalue weighted by atomic mass is 10.0. The molecule has 1 saturated heterocycles. The Morgan fingerprint density at radius 2 is 1.78 bits per heavy atom. The molecular formula is C25H22F3N3O5. The molecule has 5 rings (SSSR count). The third kappa shape index (κ3) is 4.77. The van der Waals surface area contributed by atoms with Crippen LogP contribution in [0.25, 0.3) is 0 Å². The molecule has 2 fully saturated rings. The molecule has 36 heavy (non-hydrogen) atoms. The number of amides is 4. The summed E-state index contributed by atoms with van der Waals surface area (Å²) in [7, 11) is 0. The summed E-state index contributed by atoms with van der Waals surface area (Å²) in [5, 5.41) is 4.25. The number of nitrogens with zero attached hydrogens (tertiary/aromatic N) is 1. The zero-order valence-electron chi connectivity index (χ0n) is 18.9. The van der Waals surface area contributed by atoms with E-state index < -0.39 is 41.9 Å². The van der Waals surface area contributed by atoms with E-state index in [1.54, 1.807) is 0 Å². The molecular weight excluding hydrogens is 479 g/mol. The van der Waals surface area contributed by atoms with Gasteiger partial charge in [0, 0.05) is 24.1 Å². The largest absolute Gasteiger partial charge is 0.490 e. The highest BCUT2D eigenvalue weighted by molar-refractivity contribution is 6.06. The Morgan fingerprint density at radius 3 is 2.42 bits per heavy atom. The lowest BCUT2D eigenvalue weighted by molar-refractivity contribution is -0.155. The first-order chi connectivity index (χ1) is 17.1. The first-order valence-electron chi connectivity index (χ1n) is 11.5. The summed E-state index contributed by atoms with van der Waals surface area (Å²) >= 11 is 0. The summed E-state index contributed by atoms with van der Waals surface area (Å²) in [5.74, 6) is -1.91. The number of nitrogens with one attached hydrogen (secondary N) is 2. The van der Waals surface area contributed by atoms with E-state index in [0.717, 1.165) is 12.8 Å². The lowest BCUT2D eigenvalue weighted by Gasteiger charge is -2.29. The number of hydrogen-bond acceptors (Lipinski definition) is 5. The topological polar surface area (TPSA) is 105 Å². The second kappa shape index (κ2) is 8.96. The molecule has 1 unspecified atom stereocenters. The van der Waals surface area contributed by atoms with Gasteiger partial charge >= 0.3 is 6.18 Å². The Labute approximate surface area is 203 Å². The van der Waals surface area contributed by atoms with Gasteiger partial charge in [-0.15, -0.1) is 0 Å². The van der Waals surface area contributed by atoms with Gasteiger partial charge in [0.25, 0.3) is 11.8 Å². The predicted molar refractivity (Wildman–Crippen MR) is 119 cm³/mol. The minimum atomic E-state index is -4.75. The van der Waals surface area contributed by atoms with Crippen LogP contribution in [0.3, 0.4) is 0 Å². The normalized spacial score (nSPS) is 20.6. The standard InChI is InChI=1S/C25H22F3N3O5/c26-25(27,28)21(13-1-4-16(5-2-13)36-17-6-7-17)30-22(33)14-3-8-18-15(11-14)12-31(24(18)35)19-9-10-20(32)29-23(19)34/h1-5,8,11,17,19,21H,6-7,9-10,12H2,(H,30,33)(H,29,32,34)/t19?,21-/m1/s1. The monoisotopic (exact) mass is 501 g/mol. The highest BCUT2D eigenvalue weighted by Crippen LogP contribution is 2.35. The third-order valence-corrected chi connectivity index (χ3v) is 6.43. The van der Waals surface area contributed by atoms with Crippen molar-refractivity contribution >= 4 is 23.6 Å². The molecule has 0 bridgehead atoms. The van der Waals surface area contributed by atoms with Crippen molar-refractivity contribution in [1.82, 2.24) is 15.5 Å². The first-order valence-corrected chi connectivity index (χ1v) is 11.5. The Morgan fingerprint density at radius 1 is 1.06 bits per heavy atom. The van der Waals surface area contributed by atoms with Crippen LogP contribution in [0.1, 0.15) is 63.6 Å². The highest BCUT2D eigenvalue weighted by atomic mass is 19.4. The number of carbonyl (C=O) groups excluding carboxylic acids is 4. The number of hydrogen-bond donors (Lipinski definition) is 2. The number of rotatable bonds is 6. The molecule has 2 atom stereocenters. The van der Waals surface area contributed by atoms with Crippen LogP contribution in [0.5, 0.6) is 5.75 Å². The quantitative estimate of drug-likeness (QED) is 0.593. The molecule has 0 radical (unpaired) electrons. The number of benzene rings is 2. The van der Waals surface area contributed by atoms with Gasteiger partial charge in [-0.25, -0.2) is 0 Å². The summed E-state index contributed by atoms with van der Waals surface area (Å²) in [6, 6.07) is 6.37. The Hall–Kier alpha value is -3.89. The van der Waals surface area contributed by atoms with Gasteiger partial charge in [-0.2, -0.15) is 13.2 Å². The molecule has 188 valence electrons. The number of carbonyl (C=O) groups is 4. The van der Waals surface area contributed by atoms with E-state index in [1.165, 1.54) is 47.4 Å². The van der Waals surface area contributed by atoms with Gasteiger partial charge in [-0.1, -0.05) is 12.1 Å². The molecule has 0 spiro atoms. The van der Waals surface area contributed by atoms with Crippen molar-refractivity contribution in [3.05, 3.63) is 64.7 Å². The van der Waals surface area contributed by atoms with Gasteiger partial charge in [-0.3, -0.25) is 24.5 Å². The van der Waals surface area contributed by atoms with Crippen molar-refractivity contribution < 1.29 is 37.1 Å². The molecule has 2 N–H and O–H groups in total. The number of ether oxygens (including phenoxy) is 1. The summed E-state index contributed by atoms with van der Waals surface area (Å²) in [6.45, 7) is 0.00667. The molecule has 2 aromatic carbocycles. The summed E-state index contributed by atoms with van der Waals surface area (Å²) in [4.78, 5) is 50.5. The van der Waals surface area contributed by atoms with Gasteiger partial charge in [0.2, 0.25) is 11.8 Å². The van der Waals surface area contributed by atoms with Gasteiger partial charge in [-0.05, 0) is 60.7 Å². The molecule has 2 aromatic rings. The van der Waals surface area contributed by atoms with Gasteiger partial charge in [0.05, 0.1) is 6.10 Å². The molecule has 1 saturated carbocycles. The third-order valence-electron chi connectivity index (χ3n) is 6.43. The van der Waals surface area contributed by atoms with E-state index in [-0.39, 0.29) is 42.2 Å². The smallest absolute Gasteiger partial charge is 0.412 e. The molecule has 2 heterocycles. The fourth-order valence-corrected chi connectivity index (χ4v) is 4.40. The van der Waals surface area contributed by atoms with E-state index in [4.69, 9.17) is 4.74 Å². The first kappa shape index (κ1) is 23.8. The summed E-state index contributed by atoms with van der Waals surface area (Å²) in [5.41, 5.74) is 0.492. The van der Waals surface area contributed by atoms with Crippen molar-refractivity contribution in [2.75, 3.05) is 0 Å². The Kier molecular flexibility index (Phi) is 5.93. The Bertz CT molecular complexity index is 1240. The van der Waals surface area contributed by atoms with Crippen LogP contribution < -0.4 is 15.4 Å². The van der Waals surface area contributed by atoms with Crippen molar-refractivity contribution in [3.63, 3.8) is 0 Å². The fraction of sp³-hybridized carbons (Fsp3) is 0.360. The maximum Gasteiger partial charge on any atom is 0.412 e. The second-order valence-corrected chi connectivity index (χ2v) is 9.11. The molecule has 11 heteroatoms. The molecule has 1 aliphatic carbocycles. The van der Waals surface area contributed by atoms with Crippen LogP contribution in [0.2, 0.25) is 0 Å². The summed E-state index contributed by atoms with van der Waals surface area (Å²) < 4.78 is 47.1. The second-order valence-electron chi connectivity index (χ2n) is 9.11. The van der Waals surface area contributed by atoms with E-state index >= 15 is 0 Å². The lowest BCUT2D eigenvalue weighted by Crippen LogP contribution is -2.52. The van der Waals surface area contributed by atoms with E-state index in [0.29, 0.717) is 11.3 Å². The fourth-order valence-electron chi connectivity index (χ4n) is 4.40. The van der Waals surface area contributed by atoms with Crippen molar-refractivity contribution in [2.24, 2.45) is 0 Å². The molecule has 8 nitrogen and oxygen atoms in total. The highest BCUT2D eigenvalue weighted by Gasteiger charge is 2.43. The van der Waals surface area contributed by atoms with Crippen molar-refractivity contribution in [3.8, 4) is 5.75 Å². The molecule has 3 aliphatic rings. The van der Waals surface area contributed by atoms with Crippen LogP contribution in [0, 0.1) is 0 Å².